The molecule has 4 aromatic rings. The number of carbonyl (C=O) groups excluding carboxylic acids is 1. The molecule has 2 heterocycles. The van der Waals surface area contributed by atoms with Gasteiger partial charge in [0.15, 0.2) is 0 Å². The highest BCUT2D eigenvalue weighted by Crippen LogP contribution is 2.35. The lowest BCUT2D eigenvalue weighted by molar-refractivity contribution is -0.137. The van der Waals surface area contributed by atoms with E-state index in [-0.39, 0.29) is 11.4 Å². The summed E-state index contributed by atoms with van der Waals surface area (Å²) in [6.07, 6.45) is -2.32. The SMILES string of the molecule is O=C(Nc1ncc(C(F)(F)F)cc1-c1ccccc1)c1ccnc2ccccc12. The summed E-state index contributed by atoms with van der Waals surface area (Å²) >= 11 is 0. The van der Waals surface area contributed by atoms with E-state index >= 15 is 0 Å². The summed E-state index contributed by atoms with van der Waals surface area (Å²) in [5.41, 5.74) is 0.817. The normalized spacial score (nSPS) is 11.4. The van der Waals surface area contributed by atoms with Crippen LogP contribution in [0.1, 0.15) is 15.9 Å². The molecular weight excluding hydrogens is 379 g/mol. The Balaban J connectivity index is 1.77. The molecule has 0 aliphatic rings. The third kappa shape index (κ3) is 3.80. The lowest BCUT2D eigenvalue weighted by Gasteiger charge is -2.14. The van der Waals surface area contributed by atoms with Gasteiger partial charge in [-0.3, -0.25) is 9.78 Å². The van der Waals surface area contributed by atoms with Crippen molar-refractivity contribution in [1.29, 1.82) is 0 Å². The monoisotopic (exact) mass is 393 g/mol. The molecule has 4 nitrogen and oxygen atoms in total. The van der Waals surface area contributed by atoms with Gasteiger partial charge in [0.05, 0.1) is 16.6 Å². The number of carbonyl (C=O) groups is 1. The van der Waals surface area contributed by atoms with Gasteiger partial charge in [0.1, 0.15) is 5.82 Å². The molecule has 1 N–H and O–H groups in total. The van der Waals surface area contributed by atoms with Crippen LogP contribution in [0, 0.1) is 0 Å². The maximum absolute atomic E-state index is 13.2. The predicted molar refractivity (Wildman–Crippen MR) is 104 cm³/mol. The number of hydrogen-bond acceptors (Lipinski definition) is 3. The molecule has 2 aromatic heterocycles. The molecule has 0 unspecified atom stereocenters. The van der Waals surface area contributed by atoms with Crippen molar-refractivity contribution in [3.05, 3.63) is 90.3 Å². The fourth-order valence-corrected chi connectivity index (χ4v) is 3.03. The molecule has 1 amide bonds. The molecule has 0 aliphatic carbocycles. The number of benzene rings is 2. The minimum Gasteiger partial charge on any atom is -0.306 e. The van der Waals surface area contributed by atoms with Gasteiger partial charge >= 0.3 is 6.18 Å². The highest BCUT2D eigenvalue weighted by Gasteiger charge is 2.32. The summed E-state index contributed by atoms with van der Waals surface area (Å²) in [4.78, 5) is 21.0. The van der Waals surface area contributed by atoms with Crippen LogP contribution in [0.4, 0.5) is 19.0 Å². The Hall–Kier alpha value is -3.74. The van der Waals surface area contributed by atoms with Crippen LogP contribution in [0.3, 0.4) is 0 Å². The second-order valence-corrected chi connectivity index (χ2v) is 6.31. The lowest BCUT2D eigenvalue weighted by Crippen LogP contribution is -2.15. The zero-order chi connectivity index (χ0) is 20.4. The highest BCUT2D eigenvalue weighted by atomic mass is 19.4. The Morgan fingerprint density at radius 2 is 1.62 bits per heavy atom. The van der Waals surface area contributed by atoms with E-state index in [0.29, 0.717) is 28.2 Å². The van der Waals surface area contributed by atoms with E-state index in [1.54, 1.807) is 54.6 Å². The Morgan fingerprint density at radius 3 is 2.38 bits per heavy atom. The lowest BCUT2D eigenvalue weighted by atomic mass is 10.0. The molecule has 144 valence electrons. The number of alkyl halides is 3. The number of amides is 1. The molecule has 0 aliphatic heterocycles. The van der Waals surface area contributed by atoms with E-state index in [1.165, 1.54) is 6.20 Å². The zero-order valence-corrected chi connectivity index (χ0v) is 14.9. The van der Waals surface area contributed by atoms with E-state index in [0.717, 1.165) is 6.07 Å². The Kier molecular flexibility index (Phi) is 4.72. The summed E-state index contributed by atoms with van der Waals surface area (Å²) in [5.74, 6) is -0.428. The van der Waals surface area contributed by atoms with Crippen molar-refractivity contribution in [3.8, 4) is 11.1 Å². The van der Waals surface area contributed by atoms with E-state index in [2.05, 4.69) is 15.3 Å². The minimum atomic E-state index is -4.54. The van der Waals surface area contributed by atoms with E-state index in [1.807, 2.05) is 6.07 Å². The van der Waals surface area contributed by atoms with Crippen LogP contribution in [0.5, 0.6) is 0 Å². The summed E-state index contributed by atoms with van der Waals surface area (Å²) in [5, 5.41) is 3.29. The molecule has 0 spiro atoms. The molecule has 2 aromatic carbocycles. The van der Waals surface area contributed by atoms with Gasteiger partial charge in [-0.25, -0.2) is 4.98 Å². The van der Waals surface area contributed by atoms with Gasteiger partial charge in [0.25, 0.3) is 5.91 Å². The van der Waals surface area contributed by atoms with Crippen LogP contribution in [-0.2, 0) is 6.18 Å². The van der Waals surface area contributed by atoms with Crippen molar-refractivity contribution in [3.63, 3.8) is 0 Å². The quantitative estimate of drug-likeness (QED) is 0.495. The van der Waals surface area contributed by atoms with Crippen molar-refractivity contribution in [1.82, 2.24) is 9.97 Å². The first kappa shape index (κ1) is 18.6. The van der Waals surface area contributed by atoms with Gasteiger partial charge in [-0.05, 0) is 23.8 Å². The maximum atomic E-state index is 13.2. The second kappa shape index (κ2) is 7.35. The third-order valence-corrected chi connectivity index (χ3v) is 4.43. The fourth-order valence-electron chi connectivity index (χ4n) is 3.03. The first-order valence-electron chi connectivity index (χ1n) is 8.71. The number of aromatic nitrogens is 2. The van der Waals surface area contributed by atoms with Crippen molar-refractivity contribution in [2.24, 2.45) is 0 Å². The van der Waals surface area contributed by atoms with Crippen LogP contribution in [0.15, 0.2) is 79.1 Å². The number of hydrogen-bond donors (Lipinski definition) is 1. The Labute approximate surface area is 164 Å². The molecule has 7 heteroatoms. The van der Waals surface area contributed by atoms with Crippen molar-refractivity contribution < 1.29 is 18.0 Å². The van der Waals surface area contributed by atoms with E-state index in [9.17, 15) is 18.0 Å². The number of rotatable bonds is 3. The van der Waals surface area contributed by atoms with Crippen LogP contribution in [-0.4, -0.2) is 15.9 Å². The van der Waals surface area contributed by atoms with Gasteiger partial charge in [-0.2, -0.15) is 13.2 Å². The number of nitrogens with zero attached hydrogens (tertiary/aromatic N) is 2. The van der Waals surface area contributed by atoms with Crippen LogP contribution < -0.4 is 5.32 Å². The first-order chi connectivity index (χ1) is 13.9. The predicted octanol–water partition coefficient (Wildman–Crippen LogP) is 5.57. The molecule has 0 saturated heterocycles. The van der Waals surface area contributed by atoms with Crippen molar-refractivity contribution in [2.75, 3.05) is 5.32 Å². The Bertz CT molecular complexity index is 1190. The van der Waals surface area contributed by atoms with E-state index < -0.39 is 17.6 Å². The van der Waals surface area contributed by atoms with Crippen molar-refractivity contribution in [2.45, 2.75) is 6.18 Å². The average Bonchev–Trinajstić information content (AvgIpc) is 2.73. The molecular formula is C22H14F3N3O. The number of fused-ring (bicyclic) bond motifs is 1. The standard InChI is InChI=1S/C22H14F3N3O/c23-22(24,25)15-12-18(14-6-2-1-3-7-14)20(27-13-15)28-21(29)17-10-11-26-19-9-5-4-8-16(17)19/h1-13H,(H,27,28,29). The Morgan fingerprint density at radius 1 is 0.897 bits per heavy atom. The molecule has 0 radical (unpaired) electrons. The van der Waals surface area contributed by atoms with Gasteiger partial charge < -0.3 is 5.32 Å². The van der Waals surface area contributed by atoms with Gasteiger partial charge in [-0.1, -0.05) is 48.5 Å². The fraction of sp³-hybridized carbons (Fsp3) is 0.0455. The average molecular weight is 393 g/mol. The van der Waals surface area contributed by atoms with Crippen LogP contribution >= 0.6 is 0 Å². The molecule has 0 saturated carbocycles. The molecule has 0 bridgehead atoms. The van der Waals surface area contributed by atoms with E-state index in [4.69, 9.17) is 0 Å². The van der Waals surface area contributed by atoms with Gasteiger partial charge in [-0.15, -0.1) is 0 Å². The molecule has 0 fully saturated rings. The topological polar surface area (TPSA) is 54.9 Å². The summed E-state index contributed by atoms with van der Waals surface area (Å²) in [6.45, 7) is 0. The van der Waals surface area contributed by atoms with Crippen LogP contribution in [0.2, 0.25) is 0 Å². The first-order valence-corrected chi connectivity index (χ1v) is 8.71. The molecule has 0 atom stereocenters. The second-order valence-electron chi connectivity index (χ2n) is 6.31. The third-order valence-electron chi connectivity index (χ3n) is 4.43. The smallest absolute Gasteiger partial charge is 0.306 e. The highest BCUT2D eigenvalue weighted by molar-refractivity contribution is 6.12. The largest absolute Gasteiger partial charge is 0.417 e. The van der Waals surface area contributed by atoms with Crippen molar-refractivity contribution >= 4 is 22.6 Å². The summed E-state index contributed by atoms with van der Waals surface area (Å²) in [6, 6.07) is 18.2. The zero-order valence-electron chi connectivity index (χ0n) is 14.9. The maximum Gasteiger partial charge on any atom is 0.417 e. The van der Waals surface area contributed by atoms with Gasteiger partial charge in [0, 0.05) is 23.3 Å². The number of anilines is 1. The van der Waals surface area contributed by atoms with Gasteiger partial charge in [0.2, 0.25) is 0 Å². The summed E-state index contributed by atoms with van der Waals surface area (Å²) < 4.78 is 39.5. The molecule has 29 heavy (non-hydrogen) atoms. The summed E-state index contributed by atoms with van der Waals surface area (Å²) in [7, 11) is 0. The molecule has 4 rings (SSSR count). The minimum absolute atomic E-state index is 0.0510. The number of nitrogens with one attached hydrogen (secondary N) is 1. The number of halogens is 3. The number of pyridine rings is 2. The van der Waals surface area contributed by atoms with Crippen LogP contribution in [0.25, 0.3) is 22.0 Å². The number of para-hydroxylation sites is 1.